The Balaban J connectivity index is 1.86. The topological polar surface area (TPSA) is 58.8 Å². The highest BCUT2D eigenvalue weighted by Gasteiger charge is 2.39. The van der Waals surface area contributed by atoms with Crippen LogP contribution in [0.4, 0.5) is 0 Å². The second-order valence-electron chi connectivity index (χ2n) is 6.63. The Morgan fingerprint density at radius 3 is 2.84 bits per heavy atom. The first-order valence-corrected chi connectivity index (χ1v) is 8.46. The molecule has 4 rings (SSSR count). The predicted octanol–water partition coefficient (Wildman–Crippen LogP) is 3.90. The normalized spacial score (nSPS) is 19.2. The molecule has 1 aliphatic carbocycles. The molecule has 0 bridgehead atoms. The van der Waals surface area contributed by atoms with Gasteiger partial charge in [-0.2, -0.15) is 5.26 Å². The molecule has 0 N–H and O–H groups in total. The maximum absolute atomic E-state index is 9.97. The van der Waals surface area contributed by atoms with Crippen LogP contribution in [-0.4, -0.2) is 17.1 Å². The third-order valence-electron chi connectivity index (χ3n) is 5.30. The van der Waals surface area contributed by atoms with Crippen molar-refractivity contribution in [3.8, 4) is 11.8 Å². The second-order valence-corrected chi connectivity index (χ2v) is 6.63. The van der Waals surface area contributed by atoms with Gasteiger partial charge in [0.1, 0.15) is 11.2 Å². The average Bonchev–Trinajstić information content (AvgIpc) is 2.68. The van der Waals surface area contributed by atoms with E-state index in [0.29, 0.717) is 6.42 Å². The van der Waals surface area contributed by atoms with Crippen molar-refractivity contribution in [2.45, 2.75) is 31.6 Å². The Bertz CT molecular complexity index is 991. The van der Waals surface area contributed by atoms with E-state index in [1.54, 1.807) is 13.3 Å². The van der Waals surface area contributed by atoms with Crippen LogP contribution in [0.15, 0.2) is 42.6 Å². The molecule has 25 heavy (non-hydrogen) atoms. The van der Waals surface area contributed by atoms with Crippen LogP contribution in [0.2, 0.25) is 0 Å². The van der Waals surface area contributed by atoms with Crippen molar-refractivity contribution in [2.75, 3.05) is 7.11 Å². The first-order chi connectivity index (χ1) is 12.2. The maximum atomic E-state index is 9.97. The van der Waals surface area contributed by atoms with Crippen molar-refractivity contribution >= 4 is 10.9 Å². The van der Waals surface area contributed by atoms with Crippen LogP contribution in [0.5, 0.6) is 5.75 Å². The molecule has 4 nitrogen and oxygen atoms in total. The molecule has 0 saturated heterocycles. The quantitative estimate of drug-likeness (QED) is 0.715. The van der Waals surface area contributed by atoms with E-state index < -0.39 is 5.41 Å². The van der Waals surface area contributed by atoms with E-state index in [2.05, 4.69) is 24.0 Å². The number of methoxy groups -OCH3 is 1. The minimum atomic E-state index is -0.569. The number of benzene rings is 1. The summed E-state index contributed by atoms with van der Waals surface area (Å²) in [5, 5.41) is 11.1. The van der Waals surface area contributed by atoms with Gasteiger partial charge in [0.2, 0.25) is 0 Å². The SMILES string of the molecule is COc1ccc2c(C)c3c(nc2c1)CCC(C#N)(c1ccccn1)C3. The second kappa shape index (κ2) is 5.86. The fourth-order valence-corrected chi connectivity index (χ4v) is 3.82. The highest BCUT2D eigenvalue weighted by atomic mass is 16.5. The third-order valence-corrected chi connectivity index (χ3v) is 5.30. The van der Waals surface area contributed by atoms with Gasteiger partial charge >= 0.3 is 0 Å². The monoisotopic (exact) mass is 329 g/mol. The van der Waals surface area contributed by atoms with Gasteiger partial charge in [0.25, 0.3) is 0 Å². The highest BCUT2D eigenvalue weighted by Crippen LogP contribution is 2.39. The number of ether oxygens (including phenoxy) is 1. The summed E-state index contributed by atoms with van der Waals surface area (Å²) in [5.74, 6) is 0.815. The number of hydrogen-bond donors (Lipinski definition) is 0. The van der Waals surface area contributed by atoms with Gasteiger partial charge in [-0.1, -0.05) is 6.07 Å². The fourth-order valence-electron chi connectivity index (χ4n) is 3.82. The van der Waals surface area contributed by atoms with E-state index in [0.717, 1.165) is 40.9 Å². The van der Waals surface area contributed by atoms with Crippen LogP contribution in [0.25, 0.3) is 10.9 Å². The van der Waals surface area contributed by atoms with Gasteiger partial charge in [-0.3, -0.25) is 9.97 Å². The van der Waals surface area contributed by atoms with Gasteiger partial charge in [-0.05, 0) is 61.6 Å². The summed E-state index contributed by atoms with van der Waals surface area (Å²) in [6, 6.07) is 14.4. The average molecular weight is 329 g/mol. The zero-order chi connectivity index (χ0) is 17.4. The Morgan fingerprint density at radius 2 is 2.12 bits per heavy atom. The summed E-state index contributed by atoms with van der Waals surface area (Å²) in [7, 11) is 1.67. The van der Waals surface area contributed by atoms with Gasteiger partial charge in [-0.25, -0.2) is 0 Å². The zero-order valence-corrected chi connectivity index (χ0v) is 14.4. The molecule has 2 heterocycles. The molecular weight excluding hydrogens is 310 g/mol. The van der Waals surface area contributed by atoms with E-state index in [1.807, 2.05) is 30.3 Å². The molecule has 1 atom stereocenters. The molecule has 124 valence electrons. The molecule has 0 spiro atoms. The largest absolute Gasteiger partial charge is 0.497 e. The Hall–Kier alpha value is -2.93. The number of aryl methyl sites for hydroxylation is 2. The van der Waals surface area contributed by atoms with Crippen molar-refractivity contribution < 1.29 is 4.74 Å². The maximum Gasteiger partial charge on any atom is 0.121 e. The molecule has 4 heteroatoms. The minimum Gasteiger partial charge on any atom is -0.497 e. The van der Waals surface area contributed by atoms with Crippen LogP contribution in [0.1, 0.15) is 28.9 Å². The van der Waals surface area contributed by atoms with Crippen LogP contribution >= 0.6 is 0 Å². The molecule has 1 unspecified atom stereocenters. The van der Waals surface area contributed by atoms with E-state index in [1.165, 1.54) is 11.1 Å². The van der Waals surface area contributed by atoms with E-state index in [-0.39, 0.29) is 0 Å². The molecule has 2 aromatic heterocycles. The van der Waals surface area contributed by atoms with Gasteiger partial charge in [0.15, 0.2) is 0 Å². The van der Waals surface area contributed by atoms with E-state index in [9.17, 15) is 5.26 Å². The van der Waals surface area contributed by atoms with Gasteiger partial charge < -0.3 is 4.74 Å². The lowest BCUT2D eigenvalue weighted by molar-refractivity contribution is 0.415. The van der Waals surface area contributed by atoms with Crippen molar-refractivity contribution in [3.63, 3.8) is 0 Å². The summed E-state index contributed by atoms with van der Waals surface area (Å²) in [4.78, 5) is 9.34. The minimum absolute atomic E-state index is 0.569. The highest BCUT2D eigenvalue weighted by molar-refractivity contribution is 5.85. The lowest BCUT2D eigenvalue weighted by Gasteiger charge is -2.32. The first-order valence-electron chi connectivity index (χ1n) is 8.46. The molecule has 0 saturated carbocycles. The van der Waals surface area contributed by atoms with Gasteiger partial charge in [0, 0.05) is 23.3 Å². The Kier molecular flexibility index (Phi) is 3.65. The number of nitriles is 1. The zero-order valence-electron chi connectivity index (χ0n) is 14.4. The van der Waals surface area contributed by atoms with Crippen molar-refractivity contribution in [3.05, 3.63) is 65.1 Å². The summed E-state index contributed by atoms with van der Waals surface area (Å²) >= 11 is 0. The van der Waals surface area contributed by atoms with E-state index >= 15 is 0 Å². The Morgan fingerprint density at radius 1 is 1.24 bits per heavy atom. The van der Waals surface area contributed by atoms with E-state index in [4.69, 9.17) is 9.72 Å². The molecule has 0 fully saturated rings. The predicted molar refractivity (Wildman–Crippen MR) is 96.6 cm³/mol. The van der Waals surface area contributed by atoms with Crippen molar-refractivity contribution in [2.24, 2.45) is 0 Å². The number of aromatic nitrogens is 2. The molecular formula is C21H19N3O. The number of nitrogens with zero attached hydrogens (tertiary/aromatic N) is 3. The number of fused-ring (bicyclic) bond motifs is 2. The molecule has 0 radical (unpaired) electrons. The van der Waals surface area contributed by atoms with Crippen LogP contribution in [0, 0.1) is 18.3 Å². The lowest BCUT2D eigenvalue weighted by atomic mass is 9.70. The molecule has 0 aliphatic heterocycles. The fraction of sp³-hybridized carbons (Fsp3) is 0.286. The van der Waals surface area contributed by atoms with Crippen LogP contribution < -0.4 is 4.74 Å². The molecule has 1 aliphatic rings. The number of pyridine rings is 2. The molecule has 0 amide bonds. The van der Waals surface area contributed by atoms with Crippen molar-refractivity contribution in [1.82, 2.24) is 9.97 Å². The smallest absolute Gasteiger partial charge is 0.121 e. The summed E-state index contributed by atoms with van der Waals surface area (Å²) in [6.45, 7) is 2.13. The third kappa shape index (κ3) is 2.44. The van der Waals surface area contributed by atoms with Crippen LogP contribution in [0.3, 0.4) is 0 Å². The molecule has 1 aromatic carbocycles. The standard InChI is InChI=1S/C21H19N3O/c1-14-16-7-6-15(25-2)11-19(16)24-18-8-9-21(13-22,12-17(14)18)20-5-3-4-10-23-20/h3-7,10-11H,8-9,12H2,1-2H3. The Labute approximate surface area is 147 Å². The number of hydrogen-bond acceptors (Lipinski definition) is 4. The van der Waals surface area contributed by atoms with Crippen molar-refractivity contribution in [1.29, 1.82) is 5.26 Å². The number of rotatable bonds is 2. The van der Waals surface area contributed by atoms with Gasteiger partial charge in [-0.15, -0.1) is 0 Å². The first kappa shape index (κ1) is 15.6. The summed E-state index contributed by atoms with van der Waals surface area (Å²) in [6.07, 6.45) is 3.96. The lowest BCUT2D eigenvalue weighted by Crippen LogP contribution is -2.33. The summed E-state index contributed by atoms with van der Waals surface area (Å²) < 4.78 is 5.32. The van der Waals surface area contributed by atoms with Crippen LogP contribution in [-0.2, 0) is 18.3 Å². The summed E-state index contributed by atoms with van der Waals surface area (Å²) in [5.41, 5.74) is 4.74. The van der Waals surface area contributed by atoms with Gasteiger partial charge in [0.05, 0.1) is 24.4 Å². The molecule has 3 aromatic rings.